The molecule has 1 saturated heterocycles. The fourth-order valence-corrected chi connectivity index (χ4v) is 2.66. The Morgan fingerprint density at radius 1 is 1.29 bits per heavy atom. The standard InChI is InChI=1S/C17H26N2O2/c1-5-21-11-10-19-16(18-13(4)17(19)20)15-8-6-14(7-9-15)12(2)3/h6-9,12-13,16,18H,5,10-11H2,1-4H3. The molecule has 116 valence electrons. The minimum atomic E-state index is -0.138. The molecule has 2 unspecified atom stereocenters. The molecule has 0 saturated carbocycles. The smallest absolute Gasteiger partial charge is 0.241 e. The Balaban J connectivity index is 2.13. The molecule has 4 heteroatoms. The molecule has 2 rings (SSSR count). The van der Waals surface area contributed by atoms with Crippen LogP contribution in [0.1, 0.15) is 50.9 Å². The van der Waals surface area contributed by atoms with E-state index >= 15 is 0 Å². The number of ether oxygens (including phenoxy) is 1. The van der Waals surface area contributed by atoms with Crippen molar-refractivity contribution in [2.24, 2.45) is 0 Å². The van der Waals surface area contributed by atoms with Crippen LogP contribution in [0.15, 0.2) is 24.3 Å². The number of hydrogen-bond donors (Lipinski definition) is 1. The number of benzene rings is 1. The number of hydrogen-bond acceptors (Lipinski definition) is 3. The molecule has 0 bridgehead atoms. The van der Waals surface area contributed by atoms with E-state index in [0.717, 1.165) is 5.56 Å². The van der Waals surface area contributed by atoms with Crippen LogP contribution in [0, 0.1) is 0 Å². The largest absolute Gasteiger partial charge is 0.380 e. The van der Waals surface area contributed by atoms with Crippen molar-refractivity contribution < 1.29 is 9.53 Å². The van der Waals surface area contributed by atoms with Crippen LogP contribution in [0.3, 0.4) is 0 Å². The predicted octanol–water partition coefficient (Wildman–Crippen LogP) is 2.67. The van der Waals surface area contributed by atoms with Crippen LogP contribution in [-0.4, -0.2) is 36.6 Å². The normalized spacial score (nSPS) is 22.3. The summed E-state index contributed by atoms with van der Waals surface area (Å²) in [7, 11) is 0. The molecule has 1 fully saturated rings. The Morgan fingerprint density at radius 2 is 1.95 bits per heavy atom. The third-order valence-electron chi connectivity index (χ3n) is 3.97. The maximum atomic E-state index is 12.3. The first kappa shape index (κ1) is 16.0. The first-order chi connectivity index (χ1) is 10.0. The van der Waals surface area contributed by atoms with Crippen molar-refractivity contribution >= 4 is 5.91 Å². The highest BCUT2D eigenvalue weighted by Gasteiger charge is 2.36. The summed E-state index contributed by atoms with van der Waals surface area (Å²) in [4.78, 5) is 14.1. The summed E-state index contributed by atoms with van der Waals surface area (Å²) in [6.45, 7) is 10.1. The van der Waals surface area contributed by atoms with E-state index in [4.69, 9.17) is 4.74 Å². The van der Waals surface area contributed by atoms with Gasteiger partial charge in [-0.25, -0.2) is 0 Å². The molecule has 0 aliphatic carbocycles. The quantitative estimate of drug-likeness (QED) is 0.819. The predicted molar refractivity (Wildman–Crippen MR) is 84.1 cm³/mol. The Hall–Kier alpha value is -1.39. The van der Waals surface area contributed by atoms with Crippen LogP contribution in [0.25, 0.3) is 0 Å². The van der Waals surface area contributed by atoms with E-state index in [1.54, 1.807) is 0 Å². The monoisotopic (exact) mass is 290 g/mol. The fourth-order valence-electron chi connectivity index (χ4n) is 2.66. The lowest BCUT2D eigenvalue weighted by Crippen LogP contribution is -2.33. The first-order valence-corrected chi connectivity index (χ1v) is 7.78. The number of nitrogens with zero attached hydrogens (tertiary/aromatic N) is 1. The highest BCUT2D eigenvalue weighted by Crippen LogP contribution is 2.26. The van der Waals surface area contributed by atoms with E-state index in [0.29, 0.717) is 25.7 Å². The number of nitrogens with one attached hydrogen (secondary N) is 1. The lowest BCUT2D eigenvalue weighted by Gasteiger charge is -2.24. The summed E-state index contributed by atoms with van der Waals surface area (Å²) in [6.07, 6.45) is -0.0471. The summed E-state index contributed by atoms with van der Waals surface area (Å²) >= 11 is 0. The van der Waals surface area contributed by atoms with E-state index in [9.17, 15) is 4.79 Å². The molecular formula is C17H26N2O2. The maximum Gasteiger partial charge on any atom is 0.241 e. The second-order valence-electron chi connectivity index (χ2n) is 5.84. The average Bonchev–Trinajstić information content (AvgIpc) is 2.76. The van der Waals surface area contributed by atoms with Gasteiger partial charge in [0.05, 0.1) is 12.6 Å². The van der Waals surface area contributed by atoms with Gasteiger partial charge in [0, 0.05) is 13.2 Å². The summed E-state index contributed by atoms with van der Waals surface area (Å²) < 4.78 is 5.39. The van der Waals surface area contributed by atoms with Gasteiger partial charge in [-0.2, -0.15) is 0 Å². The van der Waals surface area contributed by atoms with E-state index in [1.165, 1.54) is 5.56 Å². The summed E-state index contributed by atoms with van der Waals surface area (Å²) in [6, 6.07) is 8.39. The number of carbonyl (C=O) groups is 1. The number of rotatable bonds is 6. The SMILES string of the molecule is CCOCCN1C(=O)C(C)NC1c1ccc(C(C)C)cc1. The molecule has 1 aliphatic heterocycles. The van der Waals surface area contributed by atoms with Gasteiger partial charge in [0.25, 0.3) is 0 Å². The molecule has 0 aromatic heterocycles. The minimum Gasteiger partial charge on any atom is -0.380 e. The van der Waals surface area contributed by atoms with Crippen LogP contribution in [-0.2, 0) is 9.53 Å². The Bertz CT molecular complexity index is 470. The maximum absolute atomic E-state index is 12.3. The highest BCUT2D eigenvalue weighted by molar-refractivity contribution is 5.84. The van der Waals surface area contributed by atoms with Gasteiger partial charge in [0.15, 0.2) is 0 Å². The fraction of sp³-hybridized carbons (Fsp3) is 0.588. The van der Waals surface area contributed by atoms with E-state index < -0.39 is 0 Å². The van der Waals surface area contributed by atoms with Crippen LogP contribution in [0.4, 0.5) is 0 Å². The van der Waals surface area contributed by atoms with Gasteiger partial charge in [0.2, 0.25) is 5.91 Å². The van der Waals surface area contributed by atoms with Crippen molar-refractivity contribution in [2.45, 2.75) is 45.8 Å². The van der Waals surface area contributed by atoms with Gasteiger partial charge in [-0.05, 0) is 30.9 Å². The molecule has 0 spiro atoms. The second kappa shape index (κ2) is 7.05. The molecule has 21 heavy (non-hydrogen) atoms. The topological polar surface area (TPSA) is 41.6 Å². The second-order valence-corrected chi connectivity index (χ2v) is 5.84. The van der Waals surface area contributed by atoms with Crippen molar-refractivity contribution in [1.29, 1.82) is 0 Å². The summed E-state index contributed by atoms with van der Waals surface area (Å²) in [5.41, 5.74) is 2.45. The van der Waals surface area contributed by atoms with Crippen molar-refractivity contribution in [3.05, 3.63) is 35.4 Å². The van der Waals surface area contributed by atoms with E-state index in [2.05, 4.69) is 43.4 Å². The Morgan fingerprint density at radius 3 is 2.52 bits per heavy atom. The van der Waals surface area contributed by atoms with Crippen LogP contribution in [0.5, 0.6) is 0 Å². The van der Waals surface area contributed by atoms with Gasteiger partial charge in [-0.1, -0.05) is 38.1 Å². The Kier molecular flexibility index (Phi) is 5.37. The lowest BCUT2D eigenvalue weighted by atomic mass is 10.0. The average molecular weight is 290 g/mol. The lowest BCUT2D eigenvalue weighted by molar-refractivity contribution is -0.130. The van der Waals surface area contributed by atoms with Gasteiger partial charge in [0.1, 0.15) is 6.17 Å². The van der Waals surface area contributed by atoms with Crippen LogP contribution in [0.2, 0.25) is 0 Å². The van der Waals surface area contributed by atoms with Gasteiger partial charge >= 0.3 is 0 Å². The highest BCUT2D eigenvalue weighted by atomic mass is 16.5. The summed E-state index contributed by atoms with van der Waals surface area (Å²) in [5.74, 6) is 0.665. The first-order valence-electron chi connectivity index (χ1n) is 7.78. The molecule has 1 amide bonds. The third kappa shape index (κ3) is 3.63. The number of amides is 1. The minimum absolute atomic E-state index is 0.0471. The van der Waals surface area contributed by atoms with E-state index in [-0.39, 0.29) is 18.1 Å². The van der Waals surface area contributed by atoms with Crippen molar-refractivity contribution in [3.63, 3.8) is 0 Å². The zero-order valence-corrected chi connectivity index (χ0v) is 13.4. The van der Waals surface area contributed by atoms with Gasteiger partial charge < -0.3 is 9.64 Å². The summed E-state index contributed by atoms with van der Waals surface area (Å²) in [5, 5.41) is 3.37. The van der Waals surface area contributed by atoms with Crippen molar-refractivity contribution in [2.75, 3.05) is 19.8 Å². The van der Waals surface area contributed by atoms with Crippen LogP contribution < -0.4 is 5.32 Å². The molecule has 1 aromatic carbocycles. The molecule has 1 aromatic rings. The molecule has 1 aliphatic rings. The molecule has 4 nitrogen and oxygen atoms in total. The van der Waals surface area contributed by atoms with Crippen molar-refractivity contribution in [3.8, 4) is 0 Å². The third-order valence-corrected chi connectivity index (χ3v) is 3.97. The molecule has 1 N–H and O–H groups in total. The van der Waals surface area contributed by atoms with Crippen molar-refractivity contribution in [1.82, 2.24) is 10.2 Å². The molecule has 2 atom stereocenters. The molecule has 1 heterocycles. The van der Waals surface area contributed by atoms with E-state index in [1.807, 2.05) is 18.7 Å². The van der Waals surface area contributed by atoms with Crippen LogP contribution >= 0.6 is 0 Å². The zero-order valence-electron chi connectivity index (χ0n) is 13.4. The Labute approximate surface area is 127 Å². The zero-order chi connectivity index (χ0) is 15.4. The number of carbonyl (C=O) groups excluding carboxylic acids is 1. The van der Waals surface area contributed by atoms with Gasteiger partial charge in [-0.15, -0.1) is 0 Å². The molecular weight excluding hydrogens is 264 g/mol. The molecule has 0 radical (unpaired) electrons. The van der Waals surface area contributed by atoms with Gasteiger partial charge in [-0.3, -0.25) is 10.1 Å².